The van der Waals surface area contributed by atoms with E-state index in [-0.39, 0.29) is 12.8 Å². The van der Waals surface area contributed by atoms with Crippen LogP contribution in [0.3, 0.4) is 0 Å². The van der Waals surface area contributed by atoms with Gasteiger partial charge >= 0.3 is 12.1 Å². The van der Waals surface area contributed by atoms with E-state index in [1.54, 1.807) is 5.32 Å². The molecule has 17 heavy (non-hydrogen) atoms. The highest BCUT2D eigenvalue weighted by atomic mass is 19.4. The molecule has 96 valence electrons. The van der Waals surface area contributed by atoms with Crippen molar-refractivity contribution in [3.8, 4) is 0 Å². The zero-order chi connectivity index (χ0) is 13.3. The summed E-state index contributed by atoms with van der Waals surface area (Å²) in [6.45, 7) is 3.06. The first-order valence-electron chi connectivity index (χ1n) is 4.89. The Labute approximate surface area is 95.8 Å². The molecule has 1 rings (SSSR count). The fraction of sp³-hybridized carbons (Fsp3) is 0.600. The quantitative estimate of drug-likeness (QED) is 0.602. The third kappa shape index (κ3) is 2.27. The maximum Gasteiger partial charge on any atom is 0.422 e. The zero-order valence-electron chi connectivity index (χ0n) is 9.13. The second-order valence-corrected chi connectivity index (χ2v) is 3.77. The van der Waals surface area contributed by atoms with E-state index in [0.717, 1.165) is 7.11 Å². The Hall–Kier alpha value is -1.53. The van der Waals surface area contributed by atoms with Crippen LogP contribution in [0.2, 0.25) is 0 Å². The van der Waals surface area contributed by atoms with E-state index in [4.69, 9.17) is 0 Å². The van der Waals surface area contributed by atoms with Gasteiger partial charge in [-0.2, -0.15) is 13.2 Å². The first-order chi connectivity index (χ1) is 7.79. The van der Waals surface area contributed by atoms with Gasteiger partial charge in [0.1, 0.15) is 0 Å². The van der Waals surface area contributed by atoms with Crippen LogP contribution in [0.1, 0.15) is 12.8 Å². The molecule has 1 aliphatic carbocycles. The lowest BCUT2D eigenvalue weighted by Crippen LogP contribution is -2.65. The average Bonchev–Trinajstić information content (AvgIpc) is 3.06. The summed E-state index contributed by atoms with van der Waals surface area (Å²) in [6, 6.07) is 0. The molecule has 0 radical (unpaired) electrons. The van der Waals surface area contributed by atoms with E-state index in [9.17, 15) is 22.8 Å². The molecule has 0 aromatic carbocycles. The molecule has 0 heterocycles. The minimum atomic E-state index is -4.90. The molecule has 7 heteroatoms. The third-order valence-corrected chi connectivity index (χ3v) is 2.65. The first-order valence-corrected chi connectivity index (χ1v) is 4.89. The van der Waals surface area contributed by atoms with Gasteiger partial charge in [-0.05, 0) is 18.9 Å². The summed E-state index contributed by atoms with van der Waals surface area (Å²) in [5.74, 6) is -3.53. The highest BCUT2D eigenvalue weighted by Gasteiger charge is 2.69. The van der Waals surface area contributed by atoms with Crippen LogP contribution < -0.4 is 5.32 Å². The summed E-state index contributed by atoms with van der Waals surface area (Å²) in [5, 5.41) is 1.68. The molecular weight excluding hydrogens is 239 g/mol. The van der Waals surface area contributed by atoms with Crippen LogP contribution >= 0.6 is 0 Å². The van der Waals surface area contributed by atoms with E-state index in [1.165, 1.54) is 0 Å². The van der Waals surface area contributed by atoms with Crippen LogP contribution in [0.25, 0.3) is 0 Å². The number of carbonyl (C=O) groups is 2. The summed E-state index contributed by atoms with van der Waals surface area (Å²) in [6.07, 6.45) is -3.79. The Morgan fingerprint density at radius 2 is 1.94 bits per heavy atom. The SMILES string of the molecule is C=CC(=O)NC(C(=O)OC)(C1CC1)C(F)(F)F. The Morgan fingerprint density at radius 3 is 2.24 bits per heavy atom. The van der Waals surface area contributed by atoms with E-state index in [2.05, 4.69) is 11.3 Å². The van der Waals surface area contributed by atoms with Gasteiger partial charge in [0.15, 0.2) is 0 Å². The van der Waals surface area contributed by atoms with Crippen LogP contribution in [0.5, 0.6) is 0 Å². The van der Waals surface area contributed by atoms with Gasteiger partial charge in [-0.1, -0.05) is 6.58 Å². The van der Waals surface area contributed by atoms with Crippen LogP contribution in [0.15, 0.2) is 12.7 Å². The molecule has 0 aliphatic heterocycles. The van der Waals surface area contributed by atoms with Crippen LogP contribution in [-0.2, 0) is 14.3 Å². The fourth-order valence-corrected chi connectivity index (χ4v) is 1.66. The molecule has 0 aromatic rings. The number of esters is 1. The van der Waals surface area contributed by atoms with Gasteiger partial charge in [-0.3, -0.25) is 4.79 Å². The number of nitrogens with one attached hydrogen (secondary N) is 1. The lowest BCUT2D eigenvalue weighted by molar-refractivity contribution is -0.217. The van der Waals surface area contributed by atoms with Crippen molar-refractivity contribution in [2.24, 2.45) is 5.92 Å². The van der Waals surface area contributed by atoms with Gasteiger partial charge in [0, 0.05) is 5.92 Å². The van der Waals surface area contributed by atoms with Crippen molar-refractivity contribution in [2.45, 2.75) is 24.6 Å². The van der Waals surface area contributed by atoms with Crippen LogP contribution in [-0.4, -0.2) is 30.7 Å². The zero-order valence-corrected chi connectivity index (χ0v) is 9.13. The number of hydrogen-bond acceptors (Lipinski definition) is 3. The summed E-state index contributed by atoms with van der Waals surface area (Å²) in [7, 11) is 0.852. The lowest BCUT2D eigenvalue weighted by Gasteiger charge is -2.33. The van der Waals surface area contributed by atoms with Gasteiger partial charge in [0.2, 0.25) is 11.4 Å². The number of carbonyl (C=O) groups excluding carboxylic acids is 2. The van der Waals surface area contributed by atoms with Crippen molar-refractivity contribution in [3.63, 3.8) is 0 Å². The number of halogens is 3. The number of methoxy groups -OCH3 is 1. The van der Waals surface area contributed by atoms with Crippen molar-refractivity contribution in [3.05, 3.63) is 12.7 Å². The fourth-order valence-electron chi connectivity index (χ4n) is 1.66. The Balaban J connectivity index is 3.16. The van der Waals surface area contributed by atoms with Crippen molar-refractivity contribution in [1.82, 2.24) is 5.32 Å². The monoisotopic (exact) mass is 251 g/mol. The van der Waals surface area contributed by atoms with Gasteiger partial charge in [0.25, 0.3) is 0 Å². The number of hydrogen-bond donors (Lipinski definition) is 1. The molecule has 1 amide bonds. The summed E-state index contributed by atoms with van der Waals surface area (Å²) in [5.41, 5.74) is -2.95. The smallest absolute Gasteiger partial charge is 0.422 e. The molecule has 1 unspecified atom stereocenters. The lowest BCUT2D eigenvalue weighted by atomic mass is 9.92. The standard InChI is InChI=1S/C10H12F3NO3/c1-3-7(15)14-9(6-4-5-6,8(16)17-2)10(11,12)13/h3,6H,1,4-5H2,2H3,(H,14,15). The molecule has 4 nitrogen and oxygen atoms in total. The van der Waals surface area contributed by atoms with Gasteiger partial charge in [-0.15, -0.1) is 0 Å². The van der Waals surface area contributed by atoms with E-state index >= 15 is 0 Å². The Kier molecular flexibility index (Phi) is 3.49. The van der Waals surface area contributed by atoms with Crippen molar-refractivity contribution < 1.29 is 27.5 Å². The van der Waals surface area contributed by atoms with Crippen molar-refractivity contribution in [1.29, 1.82) is 0 Å². The number of rotatable bonds is 4. The maximum absolute atomic E-state index is 13.1. The molecule has 1 atom stereocenters. The Bertz CT molecular complexity index is 349. The summed E-state index contributed by atoms with van der Waals surface area (Å²) < 4.78 is 43.3. The summed E-state index contributed by atoms with van der Waals surface area (Å²) in [4.78, 5) is 22.5. The predicted octanol–water partition coefficient (Wildman–Crippen LogP) is 1.17. The molecule has 1 N–H and O–H groups in total. The minimum absolute atomic E-state index is 0.214. The third-order valence-electron chi connectivity index (χ3n) is 2.65. The molecule has 0 bridgehead atoms. The predicted molar refractivity (Wildman–Crippen MR) is 51.9 cm³/mol. The highest BCUT2D eigenvalue weighted by Crippen LogP contribution is 2.48. The summed E-state index contributed by atoms with van der Waals surface area (Å²) >= 11 is 0. The van der Waals surface area contributed by atoms with E-state index in [1.807, 2.05) is 0 Å². The molecular formula is C10H12F3NO3. The van der Waals surface area contributed by atoms with E-state index in [0.29, 0.717) is 6.08 Å². The van der Waals surface area contributed by atoms with Gasteiger partial charge < -0.3 is 10.1 Å². The second kappa shape index (κ2) is 4.38. The number of ether oxygens (including phenoxy) is 1. The normalized spacial score (nSPS) is 19.1. The highest BCUT2D eigenvalue weighted by molar-refractivity contribution is 5.94. The van der Waals surface area contributed by atoms with Crippen LogP contribution in [0, 0.1) is 5.92 Å². The molecule has 0 spiro atoms. The molecule has 1 saturated carbocycles. The first kappa shape index (κ1) is 13.5. The molecule has 1 fully saturated rings. The topological polar surface area (TPSA) is 55.4 Å². The number of alkyl halides is 3. The Morgan fingerprint density at radius 1 is 1.41 bits per heavy atom. The molecule has 0 saturated heterocycles. The molecule has 0 aromatic heterocycles. The number of amides is 1. The van der Waals surface area contributed by atoms with Crippen LogP contribution in [0.4, 0.5) is 13.2 Å². The largest absolute Gasteiger partial charge is 0.467 e. The maximum atomic E-state index is 13.1. The van der Waals surface area contributed by atoms with Gasteiger partial charge in [-0.25, -0.2) is 4.79 Å². The minimum Gasteiger partial charge on any atom is -0.467 e. The van der Waals surface area contributed by atoms with Gasteiger partial charge in [0.05, 0.1) is 7.11 Å². The average molecular weight is 251 g/mol. The van der Waals surface area contributed by atoms with Crippen molar-refractivity contribution in [2.75, 3.05) is 7.11 Å². The molecule has 1 aliphatic rings. The second-order valence-electron chi connectivity index (χ2n) is 3.77. The van der Waals surface area contributed by atoms with Crippen molar-refractivity contribution >= 4 is 11.9 Å². The van der Waals surface area contributed by atoms with E-state index < -0.39 is 29.5 Å².